The van der Waals surface area contributed by atoms with Crippen LogP contribution in [0.4, 0.5) is 0 Å². The second kappa shape index (κ2) is 7.80. The van der Waals surface area contributed by atoms with Crippen molar-refractivity contribution < 1.29 is 4.43 Å². The normalized spacial score (nSPS) is 13.1. The predicted octanol–water partition coefficient (Wildman–Crippen LogP) is 5.59. The predicted molar refractivity (Wildman–Crippen MR) is 91.7 cm³/mol. The molecule has 1 rings (SSSR count). The van der Waals surface area contributed by atoms with E-state index in [4.69, 9.17) is 4.43 Å². The lowest BCUT2D eigenvalue weighted by molar-refractivity contribution is 0.283. The second-order valence-electron chi connectivity index (χ2n) is 6.91. The summed E-state index contributed by atoms with van der Waals surface area (Å²) in [6.45, 7) is 12.4. The Balaban J connectivity index is 2.16. The highest BCUT2D eigenvalue weighted by Crippen LogP contribution is 2.36. The maximum absolute atomic E-state index is 6.16. The van der Waals surface area contributed by atoms with Crippen LogP contribution in [0.5, 0.6) is 0 Å². The average molecular weight is 291 g/mol. The summed E-state index contributed by atoms with van der Waals surface area (Å²) in [5, 5.41) is 0.316. The summed E-state index contributed by atoms with van der Waals surface area (Å²) in [6, 6.07) is 10.6. The Morgan fingerprint density at radius 1 is 1.05 bits per heavy atom. The average Bonchev–Trinajstić information content (AvgIpc) is 2.37. The highest BCUT2D eigenvalue weighted by molar-refractivity contribution is 6.74. The molecule has 0 atom stereocenters. The lowest BCUT2D eigenvalue weighted by atomic mass is 10.1. The third-order valence-corrected chi connectivity index (χ3v) is 8.69. The van der Waals surface area contributed by atoms with Crippen molar-refractivity contribution in [1.29, 1.82) is 0 Å². The third kappa shape index (κ3) is 6.06. The minimum atomic E-state index is -1.55. The summed E-state index contributed by atoms with van der Waals surface area (Å²) in [6.07, 6.45) is 7.81. The van der Waals surface area contributed by atoms with Crippen LogP contribution in [0.3, 0.4) is 0 Å². The first-order chi connectivity index (χ1) is 9.33. The molecule has 0 aliphatic heterocycles. The smallest absolute Gasteiger partial charge is 0.191 e. The highest BCUT2D eigenvalue weighted by atomic mass is 28.4. The Bertz CT molecular complexity index is 401. The molecular weight excluding hydrogens is 260 g/mol. The van der Waals surface area contributed by atoms with E-state index >= 15 is 0 Å². The molecule has 0 bridgehead atoms. The van der Waals surface area contributed by atoms with E-state index in [1.165, 1.54) is 5.56 Å². The number of unbranched alkanes of at least 4 members (excludes halogenated alkanes) is 1. The van der Waals surface area contributed by atoms with Gasteiger partial charge in [0.05, 0.1) is 0 Å². The molecule has 0 N–H and O–H groups in total. The number of hydrogen-bond donors (Lipinski definition) is 0. The molecule has 20 heavy (non-hydrogen) atoms. The molecule has 1 aromatic rings. The summed E-state index contributed by atoms with van der Waals surface area (Å²) in [7, 11) is -1.55. The number of benzene rings is 1. The molecule has 0 aliphatic rings. The Labute approximate surface area is 126 Å². The van der Waals surface area contributed by atoms with Gasteiger partial charge in [0, 0.05) is 6.61 Å². The van der Waals surface area contributed by atoms with Gasteiger partial charge in [-0.05, 0) is 43.0 Å². The van der Waals surface area contributed by atoms with E-state index in [-0.39, 0.29) is 0 Å². The van der Waals surface area contributed by atoms with Crippen molar-refractivity contribution in [3.8, 4) is 0 Å². The zero-order valence-corrected chi connectivity index (χ0v) is 14.8. The van der Waals surface area contributed by atoms with Gasteiger partial charge in [0.25, 0.3) is 0 Å². The Morgan fingerprint density at radius 3 is 2.30 bits per heavy atom. The first-order valence-corrected chi connectivity index (χ1v) is 10.6. The van der Waals surface area contributed by atoms with Gasteiger partial charge in [-0.25, -0.2) is 0 Å². The number of hydrogen-bond acceptors (Lipinski definition) is 1. The summed E-state index contributed by atoms with van der Waals surface area (Å²) in [5.41, 5.74) is 1.38. The van der Waals surface area contributed by atoms with Gasteiger partial charge in [-0.2, -0.15) is 0 Å². The van der Waals surface area contributed by atoms with Crippen molar-refractivity contribution in [1.82, 2.24) is 0 Å². The van der Waals surface area contributed by atoms with Crippen LogP contribution < -0.4 is 0 Å². The molecule has 0 saturated carbocycles. The lowest BCUT2D eigenvalue weighted by Crippen LogP contribution is -2.40. The van der Waals surface area contributed by atoms with Gasteiger partial charge in [-0.3, -0.25) is 0 Å². The molecule has 0 unspecified atom stereocenters. The summed E-state index contributed by atoms with van der Waals surface area (Å²) in [4.78, 5) is 0. The van der Waals surface area contributed by atoms with Crippen molar-refractivity contribution >= 4 is 8.32 Å². The van der Waals surface area contributed by atoms with Crippen molar-refractivity contribution in [3.63, 3.8) is 0 Å². The monoisotopic (exact) mass is 290 g/mol. The zero-order chi connectivity index (χ0) is 15.1. The van der Waals surface area contributed by atoms with Crippen LogP contribution in [0, 0.1) is 0 Å². The quantitative estimate of drug-likeness (QED) is 0.361. The Morgan fingerprint density at radius 2 is 1.70 bits per heavy atom. The van der Waals surface area contributed by atoms with Gasteiger partial charge in [-0.15, -0.1) is 0 Å². The van der Waals surface area contributed by atoms with Crippen LogP contribution >= 0.6 is 0 Å². The fourth-order valence-corrected chi connectivity index (χ4v) is 2.78. The first-order valence-electron chi connectivity index (χ1n) is 7.66. The summed E-state index contributed by atoms with van der Waals surface area (Å²) >= 11 is 0. The van der Waals surface area contributed by atoms with E-state index in [0.717, 1.165) is 25.9 Å². The SMILES string of the molecule is CC(C)(C)[Si](C)(C)OCCC/C=C/Cc1ccccc1. The van der Waals surface area contributed by atoms with Crippen LogP contribution in [0.1, 0.15) is 39.2 Å². The van der Waals surface area contributed by atoms with Crippen molar-refractivity contribution in [2.24, 2.45) is 0 Å². The van der Waals surface area contributed by atoms with Gasteiger partial charge in [-0.1, -0.05) is 63.3 Å². The third-order valence-electron chi connectivity index (χ3n) is 4.15. The number of allylic oxidation sites excluding steroid dienone is 2. The van der Waals surface area contributed by atoms with Crippen LogP contribution in [0.2, 0.25) is 18.1 Å². The molecule has 0 amide bonds. The number of rotatable bonds is 7. The van der Waals surface area contributed by atoms with Gasteiger partial charge < -0.3 is 4.43 Å². The summed E-state index contributed by atoms with van der Waals surface area (Å²) in [5.74, 6) is 0. The molecule has 0 heterocycles. The Kier molecular flexibility index (Phi) is 6.70. The minimum absolute atomic E-state index is 0.316. The summed E-state index contributed by atoms with van der Waals surface area (Å²) < 4.78 is 6.16. The second-order valence-corrected chi connectivity index (χ2v) is 11.7. The van der Waals surface area contributed by atoms with E-state index in [1.807, 2.05) is 0 Å². The highest BCUT2D eigenvalue weighted by Gasteiger charge is 2.36. The maximum Gasteiger partial charge on any atom is 0.191 e. The van der Waals surface area contributed by atoms with Crippen molar-refractivity contribution in [3.05, 3.63) is 48.0 Å². The fraction of sp³-hybridized carbons (Fsp3) is 0.556. The molecule has 0 saturated heterocycles. The standard InChI is InChI=1S/C18H30OSi/c1-18(2,3)20(4,5)19-16-12-7-6-9-13-17-14-10-8-11-15-17/h6,8-11,14-15H,7,12-13,16H2,1-5H3/b9-6+. The largest absolute Gasteiger partial charge is 0.417 e. The van der Waals surface area contributed by atoms with Gasteiger partial charge in [0.1, 0.15) is 0 Å². The lowest BCUT2D eigenvalue weighted by Gasteiger charge is -2.36. The van der Waals surface area contributed by atoms with E-state index in [1.54, 1.807) is 0 Å². The van der Waals surface area contributed by atoms with Crippen LogP contribution in [0.25, 0.3) is 0 Å². The van der Waals surface area contributed by atoms with Crippen LogP contribution in [-0.2, 0) is 10.8 Å². The van der Waals surface area contributed by atoms with E-state index in [9.17, 15) is 0 Å². The molecule has 0 fully saturated rings. The molecule has 0 aliphatic carbocycles. The minimum Gasteiger partial charge on any atom is -0.417 e. The molecule has 1 nitrogen and oxygen atoms in total. The van der Waals surface area contributed by atoms with E-state index < -0.39 is 8.32 Å². The fourth-order valence-electron chi connectivity index (χ4n) is 1.70. The van der Waals surface area contributed by atoms with Crippen LogP contribution in [0.15, 0.2) is 42.5 Å². The molecule has 0 aromatic heterocycles. The first kappa shape index (κ1) is 17.2. The molecule has 0 spiro atoms. The molecular formula is C18H30OSi. The van der Waals surface area contributed by atoms with Gasteiger partial charge in [0.2, 0.25) is 0 Å². The molecule has 1 aromatic carbocycles. The van der Waals surface area contributed by atoms with Crippen LogP contribution in [-0.4, -0.2) is 14.9 Å². The van der Waals surface area contributed by atoms with Crippen molar-refractivity contribution in [2.75, 3.05) is 6.61 Å². The zero-order valence-electron chi connectivity index (χ0n) is 13.8. The molecule has 112 valence electrons. The van der Waals surface area contributed by atoms with E-state index in [0.29, 0.717) is 5.04 Å². The van der Waals surface area contributed by atoms with Gasteiger partial charge >= 0.3 is 0 Å². The molecule has 0 radical (unpaired) electrons. The van der Waals surface area contributed by atoms with E-state index in [2.05, 4.69) is 76.3 Å². The van der Waals surface area contributed by atoms with Gasteiger partial charge in [0.15, 0.2) is 8.32 Å². The molecule has 2 heteroatoms. The van der Waals surface area contributed by atoms with Crippen molar-refractivity contribution in [2.45, 2.75) is 58.2 Å². The maximum atomic E-state index is 6.16. The topological polar surface area (TPSA) is 9.23 Å². The Hall–Kier alpha value is -0.863.